The Morgan fingerprint density at radius 1 is 1.30 bits per heavy atom. The largest absolute Gasteiger partial charge is 0.508 e. The third kappa shape index (κ3) is 3.34. The number of benzene rings is 1. The van der Waals surface area contributed by atoms with E-state index in [0.717, 1.165) is 30.4 Å². The van der Waals surface area contributed by atoms with Crippen molar-refractivity contribution in [3.05, 3.63) is 29.3 Å². The first-order chi connectivity index (χ1) is 13.0. The van der Waals surface area contributed by atoms with E-state index >= 15 is 4.39 Å². The summed E-state index contributed by atoms with van der Waals surface area (Å²) in [5, 5.41) is 9.97. The van der Waals surface area contributed by atoms with Crippen LogP contribution in [0.5, 0.6) is 5.75 Å². The lowest BCUT2D eigenvalue weighted by atomic mass is 9.51. The number of hydrogen-bond donors (Lipinski definition) is 1. The van der Waals surface area contributed by atoms with Crippen LogP contribution >= 0.6 is 22.6 Å². The summed E-state index contributed by atoms with van der Waals surface area (Å²) in [4.78, 5) is 12.6. The predicted octanol–water partition coefficient (Wildman–Crippen LogP) is 5.99. The molecular formula is C23H30FIO2. The van der Waals surface area contributed by atoms with E-state index in [0.29, 0.717) is 24.7 Å². The van der Waals surface area contributed by atoms with Crippen LogP contribution in [-0.2, 0) is 11.2 Å². The van der Waals surface area contributed by atoms with Gasteiger partial charge in [-0.1, -0.05) is 48.4 Å². The zero-order valence-electron chi connectivity index (χ0n) is 16.1. The van der Waals surface area contributed by atoms with Crippen LogP contribution < -0.4 is 0 Å². The van der Waals surface area contributed by atoms with Gasteiger partial charge in [0.2, 0.25) is 0 Å². The average molecular weight is 484 g/mol. The van der Waals surface area contributed by atoms with E-state index in [-0.39, 0.29) is 23.4 Å². The molecule has 4 rings (SSSR count). The molecular weight excluding hydrogens is 454 g/mol. The molecule has 4 heteroatoms. The zero-order valence-corrected chi connectivity index (χ0v) is 18.3. The highest BCUT2D eigenvalue weighted by Gasteiger charge is 2.60. The van der Waals surface area contributed by atoms with Crippen molar-refractivity contribution >= 4 is 28.4 Å². The minimum Gasteiger partial charge on any atom is -0.508 e. The Labute approximate surface area is 175 Å². The SMILES string of the molecule is C[C@]12CC(F)[C@@H]3c4ccc(O)cc4CC(CCCCCI)[C@H]3[C@@H]1CCC2=O. The molecule has 1 aromatic carbocycles. The van der Waals surface area contributed by atoms with Gasteiger partial charge in [-0.3, -0.25) is 4.79 Å². The van der Waals surface area contributed by atoms with Crippen LogP contribution in [0.1, 0.15) is 68.9 Å². The number of hydrogen-bond acceptors (Lipinski definition) is 2. The predicted molar refractivity (Wildman–Crippen MR) is 114 cm³/mol. The van der Waals surface area contributed by atoms with Gasteiger partial charge in [0, 0.05) is 17.8 Å². The third-order valence-corrected chi connectivity index (χ3v) is 8.51. The number of aromatic hydroxyl groups is 1. The minimum atomic E-state index is -0.960. The quantitative estimate of drug-likeness (QED) is 0.317. The number of rotatable bonds is 5. The van der Waals surface area contributed by atoms with Gasteiger partial charge < -0.3 is 5.11 Å². The maximum atomic E-state index is 15.6. The minimum absolute atomic E-state index is 0.104. The monoisotopic (exact) mass is 484 g/mol. The molecule has 2 unspecified atom stereocenters. The van der Waals surface area contributed by atoms with Gasteiger partial charge in [0.05, 0.1) is 0 Å². The fourth-order valence-corrected chi connectivity index (χ4v) is 7.05. The smallest absolute Gasteiger partial charge is 0.139 e. The van der Waals surface area contributed by atoms with Gasteiger partial charge in [-0.2, -0.15) is 0 Å². The van der Waals surface area contributed by atoms with Gasteiger partial charge in [-0.05, 0) is 77.5 Å². The molecule has 0 spiro atoms. The molecule has 1 N–H and O–H groups in total. The van der Waals surface area contributed by atoms with Crippen LogP contribution in [0.4, 0.5) is 4.39 Å². The third-order valence-electron chi connectivity index (χ3n) is 7.75. The number of phenolic OH excluding ortho intramolecular Hbond substituents is 1. The highest BCUT2D eigenvalue weighted by molar-refractivity contribution is 14.1. The maximum Gasteiger partial charge on any atom is 0.139 e. The molecule has 1 aromatic rings. The van der Waals surface area contributed by atoms with E-state index in [2.05, 4.69) is 22.6 Å². The zero-order chi connectivity index (χ0) is 19.2. The number of carbonyl (C=O) groups excluding carboxylic acids is 1. The summed E-state index contributed by atoms with van der Waals surface area (Å²) >= 11 is 2.43. The van der Waals surface area contributed by atoms with E-state index in [1.54, 1.807) is 6.07 Å². The molecule has 2 fully saturated rings. The number of alkyl halides is 2. The number of ketones is 1. The summed E-state index contributed by atoms with van der Waals surface area (Å²) < 4.78 is 16.7. The number of Topliss-reactive ketones (excluding diaryl/α,β-unsaturated/α-hetero) is 1. The number of halogens is 2. The molecule has 3 aliphatic carbocycles. The maximum absolute atomic E-state index is 15.6. The lowest BCUT2D eigenvalue weighted by Gasteiger charge is -2.53. The lowest BCUT2D eigenvalue weighted by Crippen LogP contribution is -2.50. The average Bonchev–Trinajstić information content (AvgIpc) is 2.92. The first-order valence-corrected chi connectivity index (χ1v) is 12.0. The van der Waals surface area contributed by atoms with Gasteiger partial charge in [0.15, 0.2) is 0 Å². The summed E-state index contributed by atoms with van der Waals surface area (Å²) in [6.07, 6.45) is 6.65. The highest BCUT2D eigenvalue weighted by atomic mass is 127. The second-order valence-electron chi connectivity index (χ2n) is 9.19. The molecule has 0 amide bonds. The molecule has 27 heavy (non-hydrogen) atoms. The Morgan fingerprint density at radius 2 is 2.11 bits per heavy atom. The number of phenols is 1. The summed E-state index contributed by atoms with van der Waals surface area (Å²) in [5.41, 5.74) is 1.76. The summed E-state index contributed by atoms with van der Waals surface area (Å²) in [6, 6.07) is 5.50. The van der Waals surface area contributed by atoms with E-state index in [9.17, 15) is 9.90 Å². The molecule has 0 radical (unpaired) electrons. The molecule has 0 heterocycles. The van der Waals surface area contributed by atoms with Gasteiger partial charge in [-0.15, -0.1) is 0 Å². The van der Waals surface area contributed by atoms with Gasteiger partial charge >= 0.3 is 0 Å². The Balaban J connectivity index is 1.70. The molecule has 6 atom stereocenters. The second kappa shape index (κ2) is 7.64. The summed E-state index contributed by atoms with van der Waals surface area (Å²) in [6.45, 7) is 2.04. The standard InChI is InChI=1S/C23H30FIO2/c1-23-13-19(24)22-17-7-6-16(26)12-15(17)11-14(5-3-2-4-10-25)21(22)18(23)8-9-20(23)27/h6-7,12,14,18-19,21-22,26H,2-5,8-11,13H2,1H3/t14?,18-,19?,21-,22-,23-/m0/s1. The van der Waals surface area contributed by atoms with E-state index in [1.807, 2.05) is 19.1 Å². The van der Waals surface area contributed by atoms with Crippen molar-refractivity contribution in [2.24, 2.45) is 23.2 Å². The van der Waals surface area contributed by atoms with Crippen molar-refractivity contribution < 1.29 is 14.3 Å². The Kier molecular flexibility index (Phi) is 5.56. The van der Waals surface area contributed by atoms with Gasteiger partial charge in [0.1, 0.15) is 17.7 Å². The van der Waals surface area contributed by atoms with Crippen molar-refractivity contribution in [1.82, 2.24) is 0 Å². The highest BCUT2D eigenvalue weighted by Crippen LogP contribution is 2.62. The van der Waals surface area contributed by atoms with Crippen LogP contribution in [0.25, 0.3) is 0 Å². The van der Waals surface area contributed by atoms with Crippen molar-refractivity contribution in [2.75, 3.05) is 4.43 Å². The number of carbonyl (C=O) groups is 1. The topological polar surface area (TPSA) is 37.3 Å². The normalized spacial score (nSPS) is 37.6. The van der Waals surface area contributed by atoms with Gasteiger partial charge in [0.25, 0.3) is 0 Å². The number of unbranched alkanes of at least 4 members (excludes halogenated alkanes) is 2. The first kappa shape index (κ1) is 19.7. The molecule has 2 saturated carbocycles. The van der Waals surface area contributed by atoms with Crippen LogP contribution in [0.2, 0.25) is 0 Å². The molecule has 0 aliphatic heterocycles. The van der Waals surface area contributed by atoms with Crippen molar-refractivity contribution in [1.29, 1.82) is 0 Å². The van der Waals surface area contributed by atoms with Crippen molar-refractivity contribution in [3.8, 4) is 5.75 Å². The Hall–Kier alpha value is -0.650. The van der Waals surface area contributed by atoms with Crippen LogP contribution in [0, 0.1) is 23.2 Å². The molecule has 0 saturated heterocycles. The van der Waals surface area contributed by atoms with Crippen molar-refractivity contribution in [2.45, 2.75) is 70.4 Å². The molecule has 3 aliphatic rings. The fraction of sp³-hybridized carbons (Fsp3) is 0.696. The second-order valence-corrected chi connectivity index (χ2v) is 10.3. The Bertz CT molecular complexity index is 720. The number of fused-ring (bicyclic) bond motifs is 5. The lowest BCUT2D eigenvalue weighted by molar-refractivity contribution is -0.132. The Morgan fingerprint density at radius 3 is 2.89 bits per heavy atom. The fourth-order valence-electron chi connectivity index (χ4n) is 6.51. The van der Waals surface area contributed by atoms with E-state index in [4.69, 9.17) is 0 Å². The molecule has 148 valence electrons. The van der Waals surface area contributed by atoms with Crippen LogP contribution in [0.15, 0.2) is 18.2 Å². The van der Waals surface area contributed by atoms with Crippen LogP contribution in [-0.4, -0.2) is 21.5 Å². The van der Waals surface area contributed by atoms with E-state index < -0.39 is 11.6 Å². The van der Waals surface area contributed by atoms with E-state index in [1.165, 1.54) is 23.7 Å². The van der Waals surface area contributed by atoms with Crippen LogP contribution in [0.3, 0.4) is 0 Å². The van der Waals surface area contributed by atoms with Gasteiger partial charge in [-0.25, -0.2) is 4.39 Å². The summed E-state index contributed by atoms with van der Waals surface area (Å²) in [5.74, 6) is 1.47. The molecule has 0 aromatic heterocycles. The molecule has 0 bridgehead atoms. The van der Waals surface area contributed by atoms with Crippen molar-refractivity contribution in [3.63, 3.8) is 0 Å². The molecule has 2 nitrogen and oxygen atoms in total. The first-order valence-electron chi connectivity index (χ1n) is 10.5. The summed E-state index contributed by atoms with van der Waals surface area (Å²) in [7, 11) is 0.